The second-order valence-corrected chi connectivity index (χ2v) is 6.03. The lowest BCUT2D eigenvalue weighted by atomic mass is 10.1. The van der Waals surface area contributed by atoms with Gasteiger partial charge in [-0.2, -0.15) is 0 Å². The normalized spacial score (nSPS) is 13.7. The first-order valence-electron chi connectivity index (χ1n) is 7.16. The standard InChI is InChI=1S/C17H15NO5S/c1-2-5-14(17(19)20)18(24(21)22)11-8-9-16-13(10-11)12-6-3-4-7-15(12)23-16/h2-4,6-10,14H,1,5H2,(H,19,20)(H,21,22)/p-1. The molecule has 24 heavy (non-hydrogen) atoms. The number of carbonyl (C=O) groups is 1. The number of hydrogen-bond acceptors (Lipinski definition) is 4. The molecule has 3 aromatic rings. The van der Waals surface area contributed by atoms with Crippen molar-refractivity contribution in [3.05, 3.63) is 55.1 Å². The fourth-order valence-electron chi connectivity index (χ4n) is 2.68. The van der Waals surface area contributed by atoms with Gasteiger partial charge in [0.05, 0.1) is 5.69 Å². The topological polar surface area (TPSA) is 93.8 Å². The Hall–Kier alpha value is -2.64. The van der Waals surface area contributed by atoms with E-state index >= 15 is 0 Å². The Morgan fingerprint density at radius 1 is 1.29 bits per heavy atom. The molecule has 2 atom stereocenters. The van der Waals surface area contributed by atoms with Crippen LogP contribution >= 0.6 is 0 Å². The molecule has 0 fully saturated rings. The lowest BCUT2D eigenvalue weighted by molar-refractivity contribution is -0.138. The van der Waals surface area contributed by atoms with Crippen LogP contribution in [0.15, 0.2) is 59.5 Å². The van der Waals surface area contributed by atoms with E-state index < -0.39 is 23.3 Å². The van der Waals surface area contributed by atoms with E-state index in [4.69, 9.17) is 4.42 Å². The van der Waals surface area contributed by atoms with Crippen LogP contribution in [-0.4, -0.2) is 25.9 Å². The summed E-state index contributed by atoms with van der Waals surface area (Å²) >= 11 is -2.75. The number of furan rings is 1. The Kier molecular flexibility index (Phi) is 4.37. The molecule has 0 aliphatic carbocycles. The zero-order valence-corrected chi connectivity index (χ0v) is 13.4. The number of anilines is 1. The van der Waals surface area contributed by atoms with E-state index in [0.29, 0.717) is 11.2 Å². The molecule has 7 heteroatoms. The van der Waals surface area contributed by atoms with Crippen molar-refractivity contribution in [3.8, 4) is 0 Å². The van der Waals surface area contributed by atoms with Crippen LogP contribution in [0.2, 0.25) is 0 Å². The molecule has 0 saturated carbocycles. The molecule has 0 aliphatic heterocycles. The highest BCUT2D eigenvalue weighted by molar-refractivity contribution is 7.80. The fraction of sp³-hybridized carbons (Fsp3) is 0.118. The SMILES string of the molecule is C=CCC(C(=O)O)N(c1ccc2oc3ccccc3c2c1)S(=O)[O-]. The van der Waals surface area contributed by atoms with Crippen molar-refractivity contribution in [1.29, 1.82) is 0 Å². The first-order chi connectivity index (χ1) is 11.5. The average molecular weight is 344 g/mol. The summed E-state index contributed by atoms with van der Waals surface area (Å²) in [6.07, 6.45) is 1.37. The summed E-state index contributed by atoms with van der Waals surface area (Å²) < 4.78 is 29.9. The van der Waals surface area contributed by atoms with Gasteiger partial charge in [-0.3, -0.25) is 8.51 Å². The molecule has 2 unspecified atom stereocenters. The van der Waals surface area contributed by atoms with Crippen LogP contribution in [0.3, 0.4) is 0 Å². The van der Waals surface area contributed by atoms with E-state index in [2.05, 4.69) is 6.58 Å². The largest absolute Gasteiger partial charge is 0.755 e. The Morgan fingerprint density at radius 2 is 2.00 bits per heavy atom. The second kappa shape index (κ2) is 6.46. The van der Waals surface area contributed by atoms with E-state index in [0.717, 1.165) is 15.1 Å². The van der Waals surface area contributed by atoms with E-state index in [1.54, 1.807) is 12.1 Å². The first-order valence-corrected chi connectivity index (χ1v) is 8.19. The van der Waals surface area contributed by atoms with Gasteiger partial charge in [0.15, 0.2) is 0 Å². The van der Waals surface area contributed by atoms with Crippen LogP contribution in [0.25, 0.3) is 21.9 Å². The molecule has 0 bridgehead atoms. The number of fused-ring (bicyclic) bond motifs is 3. The third-order valence-corrected chi connectivity index (χ3v) is 4.52. The Balaban J connectivity index is 2.17. The Labute approximate surface area is 140 Å². The predicted molar refractivity (Wildman–Crippen MR) is 91.4 cm³/mol. The summed E-state index contributed by atoms with van der Waals surface area (Å²) in [6.45, 7) is 3.49. The van der Waals surface area contributed by atoms with Gasteiger partial charge in [-0.05, 0) is 30.7 Å². The van der Waals surface area contributed by atoms with Gasteiger partial charge in [-0.15, -0.1) is 6.58 Å². The lowest BCUT2D eigenvalue weighted by Gasteiger charge is -2.31. The fourth-order valence-corrected chi connectivity index (χ4v) is 3.35. The summed E-state index contributed by atoms with van der Waals surface area (Å²) in [7, 11) is 0. The highest BCUT2D eigenvalue weighted by Gasteiger charge is 2.26. The maximum Gasteiger partial charge on any atom is 0.327 e. The van der Waals surface area contributed by atoms with E-state index in [1.165, 1.54) is 12.1 Å². The van der Waals surface area contributed by atoms with Crippen molar-refractivity contribution < 1.29 is 23.1 Å². The molecule has 1 heterocycles. The third kappa shape index (κ3) is 2.79. The van der Waals surface area contributed by atoms with Crippen molar-refractivity contribution in [2.45, 2.75) is 12.5 Å². The van der Waals surface area contributed by atoms with Crippen LogP contribution in [0.5, 0.6) is 0 Å². The van der Waals surface area contributed by atoms with Crippen LogP contribution < -0.4 is 4.31 Å². The zero-order chi connectivity index (χ0) is 17.3. The van der Waals surface area contributed by atoms with E-state index in [-0.39, 0.29) is 12.1 Å². The molecule has 0 saturated heterocycles. The van der Waals surface area contributed by atoms with Crippen molar-refractivity contribution in [2.75, 3.05) is 4.31 Å². The number of rotatable bonds is 6. The first kappa shape index (κ1) is 16.2. The van der Waals surface area contributed by atoms with Crippen molar-refractivity contribution in [3.63, 3.8) is 0 Å². The van der Waals surface area contributed by atoms with Crippen LogP contribution in [0, 0.1) is 0 Å². The van der Waals surface area contributed by atoms with Gasteiger partial charge in [0.1, 0.15) is 17.2 Å². The monoisotopic (exact) mass is 344 g/mol. The number of para-hydroxylation sites is 1. The number of aliphatic carboxylic acids is 1. The summed E-state index contributed by atoms with van der Waals surface area (Å²) in [5.41, 5.74) is 1.55. The molecule has 3 rings (SSSR count). The number of carboxylic acid groups (broad SMARTS) is 1. The van der Waals surface area contributed by atoms with E-state index in [9.17, 15) is 18.7 Å². The summed E-state index contributed by atoms with van der Waals surface area (Å²) in [5.74, 6) is -1.24. The predicted octanol–water partition coefficient (Wildman–Crippen LogP) is 3.22. The molecular weight excluding hydrogens is 330 g/mol. The molecule has 0 amide bonds. The maximum absolute atomic E-state index is 11.7. The van der Waals surface area contributed by atoms with Crippen LogP contribution in [0.1, 0.15) is 6.42 Å². The number of carboxylic acids is 1. The number of benzene rings is 2. The maximum atomic E-state index is 11.7. The minimum absolute atomic E-state index is 0.00646. The average Bonchev–Trinajstić information content (AvgIpc) is 2.92. The number of nitrogens with zero attached hydrogens (tertiary/aromatic N) is 1. The minimum atomic E-state index is -2.75. The molecule has 1 N–H and O–H groups in total. The molecule has 0 aliphatic rings. The summed E-state index contributed by atoms with van der Waals surface area (Å²) in [6, 6.07) is 10.9. The lowest BCUT2D eigenvalue weighted by Crippen LogP contribution is -2.42. The Morgan fingerprint density at radius 3 is 2.67 bits per heavy atom. The van der Waals surface area contributed by atoms with Crippen molar-refractivity contribution >= 4 is 44.9 Å². The Bertz CT molecular complexity index is 948. The molecular formula is C17H14NO5S-. The molecule has 2 aromatic carbocycles. The highest BCUT2D eigenvalue weighted by atomic mass is 32.2. The zero-order valence-electron chi connectivity index (χ0n) is 12.5. The van der Waals surface area contributed by atoms with Gasteiger partial charge in [-0.1, -0.05) is 24.3 Å². The van der Waals surface area contributed by atoms with Gasteiger partial charge in [0.2, 0.25) is 0 Å². The van der Waals surface area contributed by atoms with Crippen molar-refractivity contribution in [1.82, 2.24) is 0 Å². The van der Waals surface area contributed by atoms with Crippen molar-refractivity contribution in [2.24, 2.45) is 0 Å². The molecule has 0 radical (unpaired) electrons. The molecule has 0 spiro atoms. The van der Waals surface area contributed by atoms with Gasteiger partial charge in [0, 0.05) is 22.0 Å². The smallest absolute Gasteiger partial charge is 0.327 e. The van der Waals surface area contributed by atoms with Gasteiger partial charge in [0.25, 0.3) is 0 Å². The van der Waals surface area contributed by atoms with Gasteiger partial charge < -0.3 is 14.1 Å². The summed E-state index contributed by atoms with van der Waals surface area (Å²) in [5, 5.41) is 10.9. The quantitative estimate of drug-likeness (QED) is 0.547. The minimum Gasteiger partial charge on any atom is -0.755 e. The molecule has 1 aromatic heterocycles. The molecule has 124 valence electrons. The second-order valence-electron chi connectivity index (χ2n) is 5.20. The van der Waals surface area contributed by atoms with Crippen LogP contribution in [0.4, 0.5) is 5.69 Å². The van der Waals surface area contributed by atoms with E-state index in [1.807, 2.05) is 24.3 Å². The highest BCUT2D eigenvalue weighted by Crippen LogP contribution is 2.32. The van der Waals surface area contributed by atoms with Gasteiger partial charge >= 0.3 is 5.97 Å². The number of hydrogen-bond donors (Lipinski definition) is 1. The third-order valence-electron chi connectivity index (χ3n) is 3.73. The summed E-state index contributed by atoms with van der Waals surface area (Å²) in [4.78, 5) is 11.5. The molecule has 6 nitrogen and oxygen atoms in total. The van der Waals surface area contributed by atoms with Gasteiger partial charge in [-0.25, -0.2) is 4.79 Å². The van der Waals surface area contributed by atoms with Crippen LogP contribution in [-0.2, 0) is 16.1 Å².